The molecule has 0 bridgehead atoms. The van der Waals surface area contributed by atoms with Gasteiger partial charge in [0.15, 0.2) is 5.82 Å². The monoisotopic (exact) mass is 401 g/mol. The summed E-state index contributed by atoms with van der Waals surface area (Å²) < 4.78 is 1.06. The Hall–Kier alpha value is -0.690. The summed E-state index contributed by atoms with van der Waals surface area (Å²) in [6, 6.07) is 4.30. The van der Waals surface area contributed by atoms with Gasteiger partial charge in [-0.25, -0.2) is 9.97 Å². The lowest BCUT2D eigenvalue weighted by Crippen LogP contribution is -2.07. The second-order valence-electron chi connectivity index (χ2n) is 5.73. The van der Waals surface area contributed by atoms with Crippen molar-refractivity contribution in [1.82, 2.24) is 9.97 Å². The summed E-state index contributed by atoms with van der Waals surface area (Å²) in [5.41, 5.74) is 0.176. The maximum Gasteiger partial charge on any atom is 0.171 e. The van der Waals surface area contributed by atoms with Crippen LogP contribution in [0, 0.1) is 3.57 Å². The van der Waals surface area contributed by atoms with E-state index in [1.165, 1.54) is 4.88 Å². The summed E-state index contributed by atoms with van der Waals surface area (Å²) in [5, 5.41) is 3.36. The van der Waals surface area contributed by atoms with Crippen LogP contribution in [0.25, 0.3) is 10.7 Å². The van der Waals surface area contributed by atoms with E-state index in [0.717, 1.165) is 33.1 Å². The molecule has 108 valence electrons. The molecule has 2 heterocycles. The van der Waals surface area contributed by atoms with Crippen LogP contribution in [0.1, 0.15) is 39.0 Å². The van der Waals surface area contributed by atoms with Crippen LogP contribution < -0.4 is 5.32 Å². The van der Waals surface area contributed by atoms with E-state index in [2.05, 4.69) is 77.7 Å². The van der Waals surface area contributed by atoms with E-state index in [9.17, 15) is 0 Å². The number of aromatic nitrogens is 2. The standard InChI is InChI=1S/C15H20IN3S/c1-5-8-17-13-10(16)9-18-14(19-13)11-6-7-12(20-11)15(2,3)4/h6-7,9H,5,8H2,1-4H3,(H,17,18,19). The summed E-state index contributed by atoms with van der Waals surface area (Å²) in [5.74, 6) is 1.74. The van der Waals surface area contributed by atoms with E-state index in [4.69, 9.17) is 0 Å². The molecular formula is C15H20IN3S. The average Bonchev–Trinajstić information content (AvgIpc) is 2.87. The van der Waals surface area contributed by atoms with E-state index in [0.29, 0.717) is 0 Å². The number of halogens is 1. The zero-order chi connectivity index (χ0) is 14.8. The van der Waals surface area contributed by atoms with Crippen molar-refractivity contribution in [3.8, 4) is 10.7 Å². The molecule has 0 saturated carbocycles. The van der Waals surface area contributed by atoms with Crippen molar-refractivity contribution in [1.29, 1.82) is 0 Å². The fourth-order valence-corrected chi connectivity index (χ4v) is 3.17. The van der Waals surface area contributed by atoms with Gasteiger partial charge in [0.05, 0.1) is 8.45 Å². The first kappa shape index (κ1) is 15.7. The number of thiophene rings is 1. The highest BCUT2D eigenvalue weighted by molar-refractivity contribution is 14.1. The SMILES string of the molecule is CCCNc1nc(-c2ccc(C(C)(C)C)s2)ncc1I. The van der Waals surface area contributed by atoms with Crippen LogP contribution in [-0.4, -0.2) is 16.5 Å². The third kappa shape index (κ3) is 3.69. The van der Waals surface area contributed by atoms with Crippen LogP contribution in [0.15, 0.2) is 18.3 Å². The van der Waals surface area contributed by atoms with Gasteiger partial charge in [-0.1, -0.05) is 27.7 Å². The van der Waals surface area contributed by atoms with Crippen LogP contribution in [0.3, 0.4) is 0 Å². The van der Waals surface area contributed by atoms with Crippen molar-refractivity contribution in [3.05, 3.63) is 26.8 Å². The highest BCUT2D eigenvalue weighted by Crippen LogP contribution is 2.34. The summed E-state index contributed by atoms with van der Waals surface area (Å²) in [4.78, 5) is 11.6. The minimum atomic E-state index is 0.176. The van der Waals surface area contributed by atoms with Gasteiger partial charge in [0.1, 0.15) is 5.82 Å². The Morgan fingerprint density at radius 3 is 2.65 bits per heavy atom. The number of nitrogens with zero attached hydrogens (tertiary/aromatic N) is 2. The van der Waals surface area contributed by atoms with Gasteiger partial charge < -0.3 is 5.32 Å². The number of hydrogen-bond donors (Lipinski definition) is 1. The first-order valence-electron chi connectivity index (χ1n) is 6.79. The molecule has 2 rings (SSSR count). The summed E-state index contributed by atoms with van der Waals surface area (Å²) in [6.07, 6.45) is 2.97. The van der Waals surface area contributed by atoms with Gasteiger partial charge in [0.25, 0.3) is 0 Å². The van der Waals surface area contributed by atoms with Gasteiger partial charge in [-0.05, 0) is 46.6 Å². The van der Waals surface area contributed by atoms with Crippen LogP contribution in [0.5, 0.6) is 0 Å². The molecule has 0 saturated heterocycles. The van der Waals surface area contributed by atoms with E-state index in [1.54, 1.807) is 11.3 Å². The van der Waals surface area contributed by atoms with Crippen LogP contribution in [-0.2, 0) is 5.41 Å². The molecule has 1 N–H and O–H groups in total. The highest BCUT2D eigenvalue weighted by atomic mass is 127. The molecule has 0 amide bonds. The molecule has 2 aromatic rings. The molecular weight excluding hydrogens is 381 g/mol. The van der Waals surface area contributed by atoms with E-state index >= 15 is 0 Å². The van der Waals surface area contributed by atoms with Crippen molar-refractivity contribution >= 4 is 39.7 Å². The third-order valence-corrected chi connectivity index (χ3v) is 5.15. The Morgan fingerprint density at radius 2 is 2.05 bits per heavy atom. The predicted octanol–water partition coefficient (Wildman–Crippen LogP) is 4.93. The molecule has 0 aromatic carbocycles. The molecule has 0 aliphatic heterocycles. The Bertz CT molecular complexity index is 587. The van der Waals surface area contributed by atoms with Crippen molar-refractivity contribution in [2.45, 2.75) is 39.5 Å². The largest absolute Gasteiger partial charge is 0.369 e. The van der Waals surface area contributed by atoms with Gasteiger partial charge in [-0.3, -0.25) is 0 Å². The number of anilines is 1. The molecule has 20 heavy (non-hydrogen) atoms. The van der Waals surface area contributed by atoms with Crippen LogP contribution >= 0.6 is 33.9 Å². The second-order valence-corrected chi connectivity index (χ2v) is 7.98. The molecule has 0 spiro atoms. The Kier molecular flexibility index (Phi) is 5.01. The lowest BCUT2D eigenvalue weighted by atomic mass is 9.95. The molecule has 0 aliphatic carbocycles. The Morgan fingerprint density at radius 1 is 1.30 bits per heavy atom. The molecule has 0 fully saturated rings. The number of nitrogens with one attached hydrogen (secondary N) is 1. The van der Waals surface area contributed by atoms with Gasteiger partial charge in [-0.2, -0.15) is 0 Å². The minimum absolute atomic E-state index is 0.176. The minimum Gasteiger partial charge on any atom is -0.369 e. The fraction of sp³-hybridized carbons (Fsp3) is 0.467. The summed E-state index contributed by atoms with van der Waals surface area (Å²) in [7, 11) is 0. The first-order valence-corrected chi connectivity index (χ1v) is 8.68. The maximum absolute atomic E-state index is 4.66. The molecule has 0 atom stereocenters. The molecule has 0 aliphatic rings. The molecule has 0 unspecified atom stereocenters. The molecule has 2 aromatic heterocycles. The van der Waals surface area contributed by atoms with Crippen LogP contribution in [0.4, 0.5) is 5.82 Å². The first-order chi connectivity index (χ1) is 9.41. The lowest BCUT2D eigenvalue weighted by Gasteiger charge is -2.15. The quantitative estimate of drug-likeness (QED) is 0.739. The number of hydrogen-bond acceptors (Lipinski definition) is 4. The normalized spacial score (nSPS) is 11.7. The average molecular weight is 401 g/mol. The van der Waals surface area contributed by atoms with Crippen LogP contribution in [0.2, 0.25) is 0 Å². The van der Waals surface area contributed by atoms with E-state index in [1.807, 2.05) is 6.20 Å². The van der Waals surface area contributed by atoms with Crippen molar-refractivity contribution < 1.29 is 0 Å². The maximum atomic E-state index is 4.66. The zero-order valence-corrected chi connectivity index (χ0v) is 15.3. The smallest absolute Gasteiger partial charge is 0.171 e. The highest BCUT2D eigenvalue weighted by Gasteiger charge is 2.17. The zero-order valence-electron chi connectivity index (χ0n) is 12.3. The van der Waals surface area contributed by atoms with Crippen molar-refractivity contribution in [2.24, 2.45) is 0 Å². The molecule has 3 nitrogen and oxygen atoms in total. The summed E-state index contributed by atoms with van der Waals surface area (Å²) in [6.45, 7) is 9.77. The lowest BCUT2D eigenvalue weighted by molar-refractivity contribution is 0.604. The predicted molar refractivity (Wildman–Crippen MR) is 95.5 cm³/mol. The second kappa shape index (κ2) is 6.39. The molecule has 5 heteroatoms. The fourth-order valence-electron chi connectivity index (χ4n) is 1.71. The third-order valence-electron chi connectivity index (χ3n) is 2.85. The number of rotatable bonds is 4. The van der Waals surface area contributed by atoms with Crippen molar-refractivity contribution in [2.75, 3.05) is 11.9 Å². The Labute approximate surface area is 138 Å². The summed E-state index contributed by atoms with van der Waals surface area (Å²) >= 11 is 4.05. The van der Waals surface area contributed by atoms with Gasteiger partial charge in [-0.15, -0.1) is 11.3 Å². The topological polar surface area (TPSA) is 37.8 Å². The van der Waals surface area contributed by atoms with Gasteiger partial charge in [0.2, 0.25) is 0 Å². The van der Waals surface area contributed by atoms with E-state index in [-0.39, 0.29) is 5.41 Å². The van der Waals surface area contributed by atoms with Gasteiger partial charge in [0, 0.05) is 17.6 Å². The van der Waals surface area contributed by atoms with Gasteiger partial charge >= 0.3 is 0 Å². The Balaban J connectivity index is 2.31. The molecule has 0 radical (unpaired) electrons. The van der Waals surface area contributed by atoms with E-state index < -0.39 is 0 Å². The van der Waals surface area contributed by atoms with Crippen molar-refractivity contribution in [3.63, 3.8) is 0 Å².